The Morgan fingerprint density at radius 1 is 0.714 bits per heavy atom. The van der Waals surface area contributed by atoms with Gasteiger partial charge in [-0.2, -0.15) is 10.2 Å². The van der Waals surface area contributed by atoms with Gasteiger partial charge in [0.15, 0.2) is 0 Å². The van der Waals surface area contributed by atoms with Crippen molar-refractivity contribution < 1.29 is 18.0 Å². The SMILES string of the molecule is CO[Si](CCCCCOc1ccc(N=Nc2ccc(C)cc2)cc1)(OC)OC. The van der Waals surface area contributed by atoms with E-state index in [2.05, 4.69) is 10.2 Å². The van der Waals surface area contributed by atoms with Gasteiger partial charge in [0, 0.05) is 27.4 Å². The molecule has 6 nitrogen and oxygen atoms in total. The van der Waals surface area contributed by atoms with Crippen molar-refractivity contribution in [3.05, 3.63) is 54.1 Å². The molecular weight excluding hydrogens is 372 g/mol. The Labute approximate surface area is 168 Å². The van der Waals surface area contributed by atoms with E-state index in [1.165, 1.54) is 5.56 Å². The number of rotatable bonds is 12. The highest BCUT2D eigenvalue weighted by atomic mass is 28.4. The van der Waals surface area contributed by atoms with Crippen LogP contribution in [0.15, 0.2) is 58.8 Å². The quantitative estimate of drug-likeness (QED) is 0.254. The summed E-state index contributed by atoms with van der Waals surface area (Å²) in [5, 5.41) is 8.49. The topological polar surface area (TPSA) is 61.6 Å². The zero-order valence-corrected chi connectivity index (χ0v) is 18.2. The molecule has 0 aliphatic carbocycles. The largest absolute Gasteiger partial charge is 0.500 e. The van der Waals surface area contributed by atoms with Crippen molar-refractivity contribution in [2.24, 2.45) is 10.2 Å². The molecule has 0 aliphatic heterocycles. The number of aryl methyl sites for hydroxylation is 1. The van der Waals surface area contributed by atoms with Gasteiger partial charge in [-0.1, -0.05) is 24.1 Å². The number of azo groups is 1. The number of benzene rings is 2. The number of unbranched alkanes of at least 4 members (excludes halogenated alkanes) is 2. The molecule has 0 atom stereocenters. The van der Waals surface area contributed by atoms with Crippen LogP contribution in [0.3, 0.4) is 0 Å². The molecule has 152 valence electrons. The maximum atomic E-state index is 5.79. The number of nitrogens with zero attached hydrogens (tertiary/aromatic N) is 2. The van der Waals surface area contributed by atoms with Crippen LogP contribution in [-0.4, -0.2) is 36.7 Å². The zero-order valence-electron chi connectivity index (χ0n) is 17.2. The number of ether oxygens (including phenoxy) is 1. The Bertz CT molecular complexity index is 708. The van der Waals surface area contributed by atoms with E-state index in [4.69, 9.17) is 18.0 Å². The predicted molar refractivity (Wildman–Crippen MR) is 113 cm³/mol. The van der Waals surface area contributed by atoms with Crippen molar-refractivity contribution in [2.45, 2.75) is 32.2 Å². The van der Waals surface area contributed by atoms with Crippen LogP contribution in [0, 0.1) is 6.92 Å². The van der Waals surface area contributed by atoms with Crippen LogP contribution in [0.5, 0.6) is 5.75 Å². The zero-order chi connectivity index (χ0) is 20.2. The summed E-state index contributed by atoms with van der Waals surface area (Å²) in [6.45, 7) is 2.72. The molecule has 0 amide bonds. The molecule has 0 aliphatic rings. The maximum Gasteiger partial charge on any atom is 0.500 e. The molecule has 2 aromatic rings. The third-order valence-corrected chi connectivity index (χ3v) is 7.31. The smallest absolute Gasteiger partial charge is 0.494 e. The van der Waals surface area contributed by atoms with E-state index in [0.717, 1.165) is 42.4 Å². The van der Waals surface area contributed by atoms with Gasteiger partial charge in [0.05, 0.1) is 18.0 Å². The number of hydrogen-bond donors (Lipinski definition) is 0. The molecule has 0 spiro atoms. The molecule has 0 fully saturated rings. The van der Waals surface area contributed by atoms with Crippen molar-refractivity contribution in [3.8, 4) is 5.75 Å². The summed E-state index contributed by atoms with van der Waals surface area (Å²) in [6.07, 6.45) is 2.99. The van der Waals surface area contributed by atoms with Gasteiger partial charge in [-0.3, -0.25) is 0 Å². The minimum atomic E-state index is -2.44. The van der Waals surface area contributed by atoms with Crippen LogP contribution in [-0.2, 0) is 13.3 Å². The second-order valence-corrected chi connectivity index (χ2v) is 9.57. The van der Waals surface area contributed by atoms with Crippen molar-refractivity contribution in [3.63, 3.8) is 0 Å². The molecule has 0 saturated heterocycles. The highest BCUT2D eigenvalue weighted by Crippen LogP contribution is 2.22. The first-order valence-electron chi connectivity index (χ1n) is 9.47. The summed E-state index contributed by atoms with van der Waals surface area (Å²) < 4.78 is 22.1. The summed E-state index contributed by atoms with van der Waals surface area (Å²) in [5.41, 5.74) is 2.85. The highest BCUT2D eigenvalue weighted by Gasteiger charge is 2.36. The molecule has 0 N–H and O–H groups in total. The first-order valence-corrected chi connectivity index (χ1v) is 11.4. The molecule has 0 bridgehead atoms. The predicted octanol–water partition coefficient (Wildman–Crippen LogP) is 5.84. The van der Waals surface area contributed by atoms with Gasteiger partial charge in [-0.25, -0.2) is 0 Å². The standard InChI is InChI=1S/C21H30N2O4Si/c1-18-8-10-19(11-9-18)22-23-20-12-14-21(15-13-20)27-16-6-5-7-17-28(24-2,25-3)26-4/h8-15H,5-7,16-17H2,1-4H3. The Balaban J connectivity index is 1.69. The van der Waals surface area contributed by atoms with E-state index in [9.17, 15) is 0 Å². The second-order valence-electron chi connectivity index (χ2n) is 6.48. The molecule has 0 heterocycles. The van der Waals surface area contributed by atoms with Gasteiger partial charge < -0.3 is 18.0 Å². The van der Waals surface area contributed by atoms with E-state index in [1.807, 2.05) is 55.5 Å². The average Bonchev–Trinajstić information content (AvgIpc) is 2.74. The molecule has 2 rings (SSSR count). The fraction of sp³-hybridized carbons (Fsp3) is 0.429. The van der Waals surface area contributed by atoms with E-state index in [1.54, 1.807) is 21.3 Å². The van der Waals surface area contributed by atoms with E-state index >= 15 is 0 Å². The summed E-state index contributed by atoms with van der Waals surface area (Å²) in [5.74, 6) is 0.837. The fourth-order valence-electron chi connectivity index (χ4n) is 2.70. The normalized spacial score (nSPS) is 11.9. The van der Waals surface area contributed by atoms with Crippen LogP contribution in [0.2, 0.25) is 6.04 Å². The van der Waals surface area contributed by atoms with Crippen LogP contribution >= 0.6 is 0 Å². The van der Waals surface area contributed by atoms with Gasteiger partial charge in [0.1, 0.15) is 5.75 Å². The summed E-state index contributed by atoms with van der Waals surface area (Å²) in [7, 11) is 2.49. The summed E-state index contributed by atoms with van der Waals surface area (Å²) in [6, 6.07) is 16.4. The van der Waals surface area contributed by atoms with Crippen molar-refractivity contribution >= 4 is 20.2 Å². The van der Waals surface area contributed by atoms with Crippen molar-refractivity contribution in [1.82, 2.24) is 0 Å². The summed E-state index contributed by atoms with van der Waals surface area (Å²) >= 11 is 0. The highest BCUT2D eigenvalue weighted by molar-refractivity contribution is 6.60. The lowest BCUT2D eigenvalue weighted by Crippen LogP contribution is -2.42. The second kappa shape index (κ2) is 11.7. The monoisotopic (exact) mass is 402 g/mol. The molecule has 7 heteroatoms. The summed E-state index contributed by atoms with van der Waals surface area (Å²) in [4.78, 5) is 0. The first kappa shape index (κ1) is 22.2. The molecule has 0 unspecified atom stereocenters. The molecule has 0 saturated carbocycles. The van der Waals surface area contributed by atoms with Crippen LogP contribution in [0.4, 0.5) is 11.4 Å². The Morgan fingerprint density at radius 3 is 1.79 bits per heavy atom. The molecular formula is C21H30N2O4Si. The third-order valence-electron chi connectivity index (χ3n) is 4.48. The van der Waals surface area contributed by atoms with Crippen LogP contribution < -0.4 is 4.74 Å². The molecule has 0 aromatic heterocycles. The molecule has 2 aromatic carbocycles. The van der Waals surface area contributed by atoms with E-state index in [0.29, 0.717) is 6.61 Å². The van der Waals surface area contributed by atoms with E-state index in [-0.39, 0.29) is 0 Å². The van der Waals surface area contributed by atoms with Crippen LogP contribution in [0.1, 0.15) is 24.8 Å². The lowest BCUT2D eigenvalue weighted by Gasteiger charge is -2.24. The molecule has 28 heavy (non-hydrogen) atoms. The minimum absolute atomic E-state index is 0.672. The van der Waals surface area contributed by atoms with E-state index < -0.39 is 8.80 Å². The van der Waals surface area contributed by atoms with Crippen LogP contribution in [0.25, 0.3) is 0 Å². The average molecular weight is 403 g/mol. The molecule has 0 radical (unpaired) electrons. The Morgan fingerprint density at radius 2 is 1.25 bits per heavy atom. The van der Waals surface area contributed by atoms with Gasteiger partial charge in [-0.15, -0.1) is 0 Å². The third kappa shape index (κ3) is 7.16. The maximum absolute atomic E-state index is 5.79. The van der Waals surface area contributed by atoms with Crippen molar-refractivity contribution in [2.75, 3.05) is 27.9 Å². The van der Waals surface area contributed by atoms with Gasteiger partial charge in [0.2, 0.25) is 0 Å². The number of hydrogen-bond acceptors (Lipinski definition) is 6. The first-order chi connectivity index (χ1) is 13.6. The lowest BCUT2D eigenvalue weighted by atomic mass is 10.2. The Hall–Kier alpha value is -2.06. The van der Waals surface area contributed by atoms with Gasteiger partial charge in [0.25, 0.3) is 0 Å². The van der Waals surface area contributed by atoms with Crippen molar-refractivity contribution in [1.29, 1.82) is 0 Å². The van der Waals surface area contributed by atoms with Gasteiger partial charge in [-0.05, 0) is 56.2 Å². The minimum Gasteiger partial charge on any atom is -0.494 e. The van der Waals surface area contributed by atoms with Gasteiger partial charge >= 0.3 is 8.80 Å². The lowest BCUT2D eigenvalue weighted by molar-refractivity contribution is 0.122. The fourth-order valence-corrected chi connectivity index (χ4v) is 4.50. The Kier molecular flexibility index (Phi) is 9.29.